The first-order chi connectivity index (χ1) is 7.18. The summed E-state index contributed by atoms with van der Waals surface area (Å²) < 4.78 is 1.09. The van der Waals surface area contributed by atoms with Gasteiger partial charge in [-0.25, -0.2) is 0 Å². The second kappa shape index (κ2) is 4.07. The van der Waals surface area contributed by atoms with E-state index in [-0.39, 0.29) is 0 Å². The summed E-state index contributed by atoms with van der Waals surface area (Å²) in [6.45, 7) is 2.05. The van der Waals surface area contributed by atoms with Crippen molar-refractivity contribution in [1.29, 1.82) is 0 Å². The van der Waals surface area contributed by atoms with Crippen LogP contribution in [0.5, 0.6) is 0 Å². The van der Waals surface area contributed by atoms with E-state index in [0.717, 1.165) is 15.7 Å². The Labute approximate surface area is 98.1 Å². The molecule has 0 saturated heterocycles. The predicted molar refractivity (Wildman–Crippen MR) is 68.7 cm³/mol. The zero-order chi connectivity index (χ0) is 10.8. The topological polar surface area (TPSA) is 26.0 Å². The van der Waals surface area contributed by atoms with Gasteiger partial charge in [-0.1, -0.05) is 40.2 Å². The molecule has 0 amide bonds. The fourth-order valence-electron chi connectivity index (χ4n) is 1.62. The van der Waals surface area contributed by atoms with Crippen molar-refractivity contribution < 1.29 is 0 Å². The van der Waals surface area contributed by atoms with E-state index in [1.165, 1.54) is 11.1 Å². The fourth-order valence-corrected chi connectivity index (χ4v) is 2.02. The molecular formula is C13H12BrN. The fraction of sp³-hybridized carbons (Fsp3) is 0.0769. The zero-order valence-electron chi connectivity index (χ0n) is 8.50. The minimum absolute atomic E-state index is 0.840. The van der Waals surface area contributed by atoms with E-state index >= 15 is 0 Å². The summed E-state index contributed by atoms with van der Waals surface area (Å²) >= 11 is 3.47. The Hall–Kier alpha value is -1.28. The third-order valence-corrected chi connectivity index (χ3v) is 3.00. The zero-order valence-corrected chi connectivity index (χ0v) is 10.1. The Morgan fingerprint density at radius 2 is 1.80 bits per heavy atom. The summed E-state index contributed by atoms with van der Waals surface area (Å²) in [6, 6.07) is 14.2. The number of rotatable bonds is 1. The van der Waals surface area contributed by atoms with Crippen LogP contribution in [0.2, 0.25) is 0 Å². The normalized spacial score (nSPS) is 10.3. The van der Waals surface area contributed by atoms with E-state index in [1.54, 1.807) is 0 Å². The highest BCUT2D eigenvalue weighted by Gasteiger charge is 2.03. The number of hydrogen-bond donors (Lipinski definition) is 1. The average molecular weight is 262 g/mol. The number of benzene rings is 2. The van der Waals surface area contributed by atoms with Crippen molar-refractivity contribution in [2.24, 2.45) is 0 Å². The summed E-state index contributed by atoms with van der Waals surface area (Å²) in [7, 11) is 0. The van der Waals surface area contributed by atoms with E-state index in [9.17, 15) is 0 Å². The van der Waals surface area contributed by atoms with E-state index < -0.39 is 0 Å². The van der Waals surface area contributed by atoms with Gasteiger partial charge in [-0.15, -0.1) is 0 Å². The molecule has 1 nitrogen and oxygen atoms in total. The minimum atomic E-state index is 0.840. The van der Waals surface area contributed by atoms with Gasteiger partial charge in [0.05, 0.1) is 0 Å². The SMILES string of the molecule is Cc1c(N)cccc1-c1cccc(Br)c1. The van der Waals surface area contributed by atoms with Gasteiger partial charge in [-0.2, -0.15) is 0 Å². The van der Waals surface area contributed by atoms with Crippen LogP contribution in [0.4, 0.5) is 5.69 Å². The molecule has 76 valence electrons. The highest BCUT2D eigenvalue weighted by molar-refractivity contribution is 9.10. The van der Waals surface area contributed by atoms with Crippen LogP contribution in [-0.2, 0) is 0 Å². The van der Waals surface area contributed by atoms with Crippen LogP contribution in [0.15, 0.2) is 46.9 Å². The maximum atomic E-state index is 5.88. The first-order valence-electron chi connectivity index (χ1n) is 4.79. The lowest BCUT2D eigenvalue weighted by atomic mass is 9.99. The lowest BCUT2D eigenvalue weighted by Gasteiger charge is -2.08. The Balaban J connectivity index is 2.59. The van der Waals surface area contributed by atoms with Gasteiger partial charge in [0.15, 0.2) is 0 Å². The van der Waals surface area contributed by atoms with Crippen molar-refractivity contribution >= 4 is 21.6 Å². The molecule has 2 aromatic rings. The van der Waals surface area contributed by atoms with Crippen LogP contribution < -0.4 is 5.73 Å². The highest BCUT2D eigenvalue weighted by atomic mass is 79.9. The first-order valence-corrected chi connectivity index (χ1v) is 5.59. The van der Waals surface area contributed by atoms with Crippen molar-refractivity contribution in [3.63, 3.8) is 0 Å². The molecule has 0 aliphatic rings. The molecule has 2 N–H and O–H groups in total. The maximum absolute atomic E-state index is 5.88. The van der Waals surface area contributed by atoms with Crippen molar-refractivity contribution in [2.75, 3.05) is 5.73 Å². The van der Waals surface area contributed by atoms with E-state index in [4.69, 9.17) is 5.73 Å². The molecule has 0 saturated carbocycles. The molecule has 0 aliphatic carbocycles. The maximum Gasteiger partial charge on any atom is 0.0349 e. The van der Waals surface area contributed by atoms with Crippen LogP contribution in [0.3, 0.4) is 0 Å². The molecule has 0 bridgehead atoms. The van der Waals surface area contributed by atoms with E-state index in [1.807, 2.05) is 31.2 Å². The van der Waals surface area contributed by atoms with Gasteiger partial charge in [0.1, 0.15) is 0 Å². The number of nitrogens with two attached hydrogens (primary N) is 1. The predicted octanol–water partition coefficient (Wildman–Crippen LogP) is 4.01. The minimum Gasteiger partial charge on any atom is -0.398 e. The molecular weight excluding hydrogens is 250 g/mol. The summed E-state index contributed by atoms with van der Waals surface area (Å²) in [6.07, 6.45) is 0. The van der Waals surface area contributed by atoms with Gasteiger partial charge in [-0.3, -0.25) is 0 Å². The molecule has 0 radical (unpaired) electrons. The summed E-state index contributed by atoms with van der Waals surface area (Å²) in [5, 5.41) is 0. The molecule has 0 aromatic heterocycles. The largest absolute Gasteiger partial charge is 0.398 e. The van der Waals surface area contributed by atoms with Gasteiger partial charge in [-0.05, 0) is 41.8 Å². The molecule has 2 heteroatoms. The Morgan fingerprint density at radius 3 is 2.53 bits per heavy atom. The van der Waals surface area contributed by atoms with Gasteiger partial charge >= 0.3 is 0 Å². The second-order valence-corrected chi connectivity index (χ2v) is 4.45. The monoisotopic (exact) mass is 261 g/mol. The highest BCUT2D eigenvalue weighted by Crippen LogP contribution is 2.28. The quantitative estimate of drug-likeness (QED) is 0.772. The summed E-state index contributed by atoms with van der Waals surface area (Å²) in [5.41, 5.74) is 10.2. The number of halogens is 1. The Bertz CT molecular complexity index is 492. The van der Waals surface area contributed by atoms with Crippen molar-refractivity contribution in [3.8, 4) is 11.1 Å². The third kappa shape index (κ3) is 2.05. The molecule has 15 heavy (non-hydrogen) atoms. The van der Waals surface area contributed by atoms with E-state index in [2.05, 4.69) is 34.1 Å². The van der Waals surface area contributed by atoms with Gasteiger partial charge in [0.2, 0.25) is 0 Å². The summed E-state index contributed by atoms with van der Waals surface area (Å²) in [5.74, 6) is 0. The standard InChI is InChI=1S/C13H12BrN/c1-9-12(6-3-7-13(9)15)10-4-2-5-11(14)8-10/h2-8H,15H2,1H3. The van der Waals surface area contributed by atoms with Crippen LogP contribution >= 0.6 is 15.9 Å². The van der Waals surface area contributed by atoms with Gasteiger partial charge < -0.3 is 5.73 Å². The number of anilines is 1. The smallest absolute Gasteiger partial charge is 0.0349 e. The molecule has 0 atom stereocenters. The molecule has 0 heterocycles. The molecule has 2 rings (SSSR count). The lowest BCUT2D eigenvalue weighted by Crippen LogP contribution is -1.91. The third-order valence-electron chi connectivity index (χ3n) is 2.51. The lowest BCUT2D eigenvalue weighted by molar-refractivity contribution is 1.45. The molecule has 0 aliphatic heterocycles. The van der Waals surface area contributed by atoms with Gasteiger partial charge in [0.25, 0.3) is 0 Å². The van der Waals surface area contributed by atoms with Crippen LogP contribution in [0, 0.1) is 6.92 Å². The van der Waals surface area contributed by atoms with Gasteiger partial charge in [0, 0.05) is 10.2 Å². The van der Waals surface area contributed by atoms with Crippen molar-refractivity contribution in [1.82, 2.24) is 0 Å². The molecule has 0 spiro atoms. The van der Waals surface area contributed by atoms with Crippen LogP contribution in [0.1, 0.15) is 5.56 Å². The molecule has 0 fully saturated rings. The Kier molecular flexibility index (Phi) is 2.78. The number of hydrogen-bond acceptors (Lipinski definition) is 1. The van der Waals surface area contributed by atoms with E-state index in [0.29, 0.717) is 0 Å². The van der Waals surface area contributed by atoms with Crippen molar-refractivity contribution in [2.45, 2.75) is 6.92 Å². The van der Waals surface area contributed by atoms with Crippen molar-refractivity contribution in [3.05, 3.63) is 52.5 Å². The molecule has 2 aromatic carbocycles. The summed E-state index contributed by atoms with van der Waals surface area (Å²) in [4.78, 5) is 0. The molecule has 0 unspecified atom stereocenters. The van der Waals surface area contributed by atoms with Crippen LogP contribution in [-0.4, -0.2) is 0 Å². The Morgan fingerprint density at radius 1 is 1.07 bits per heavy atom. The number of nitrogen functional groups attached to an aromatic ring is 1. The second-order valence-electron chi connectivity index (χ2n) is 3.53. The average Bonchev–Trinajstić information content (AvgIpc) is 2.22. The first kappa shape index (κ1) is 10.2. The van der Waals surface area contributed by atoms with Crippen LogP contribution in [0.25, 0.3) is 11.1 Å².